The van der Waals surface area contributed by atoms with E-state index in [1.807, 2.05) is 6.92 Å². The van der Waals surface area contributed by atoms with Crippen LogP contribution in [0.1, 0.15) is 43.2 Å². The Morgan fingerprint density at radius 2 is 2.13 bits per heavy atom. The summed E-state index contributed by atoms with van der Waals surface area (Å²) in [4.78, 5) is 8.35. The molecule has 1 heterocycles. The topological polar surface area (TPSA) is 46.0 Å². The molecule has 3 heteroatoms. The summed E-state index contributed by atoms with van der Waals surface area (Å²) in [6.45, 7) is 1.89. The average molecular weight is 204 g/mol. The van der Waals surface area contributed by atoms with Gasteiger partial charge in [0.05, 0.1) is 17.6 Å². The van der Waals surface area contributed by atoms with Crippen LogP contribution in [0.15, 0.2) is 24.0 Å². The number of aryl methyl sites for hydroxylation is 1. The van der Waals surface area contributed by atoms with Gasteiger partial charge in [0.15, 0.2) is 0 Å². The lowest BCUT2D eigenvalue weighted by molar-refractivity contribution is 0.203. The minimum absolute atomic E-state index is 0.557. The minimum Gasteiger partial charge on any atom is -0.382 e. The second kappa shape index (κ2) is 4.53. The highest BCUT2D eigenvalue weighted by Crippen LogP contribution is 2.28. The molecule has 0 saturated heterocycles. The number of rotatable bonds is 2. The molecule has 0 radical (unpaired) electrons. The highest BCUT2D eigenvalue weighted by atomic mass is 16.3. The average Bonchev–Trinajstić information content (AvgIpc) is 2.30. The summed E-state index contributed by atoms with van der Waals surface area (Å²) in [7, 11) is 0. The first-order valence-electron chi connectivity index (χ1n) is 5.43. The van der Waals surface area contributed by atoms with Crippen LogP contribution >= 0.6 is 0 Å². The van der Waals surface area contributed by atoms with Crippen LogP contribution in [0.3, 0.4) is 0 Å². The van der Waals surface area contributed by atoms with Gasteiger partial charge in [-0.1, -0.05) is 6.08 Å². The van der Waals surface area contributed by atoms with E-state index < -0.39 is 6.10 Å². The Bertz CT molecular complexity index is 356. The maximum absolute atomic E-state index is 10.1. The first kappa shape index (κ1) is 10.3. The van der Waals surface area contributed by atoms with E-state index in [-0.39, 0.29) is 0 Å². The van der Waals surface area contributed by atoms with Gasteiger partial charge >= 0.3 is 0 Å². The fourth-order valence-corrected chi connectivity index (χ4v) is 1.85. The van der Waals surface area contributed by atoms with Gasteiger partial charge in [0.2, 0.25) is 0 Å². The van der Waals surface area contributed by atoms with Gasteiger partial charge in [-0.15, -0.1) is 0 Å². The minimum atomic E-state index is -0.557. The van der Waals surface area contributed by atoms with Crippen molar-refractivity contribution in [2.75, 3.05) is 0 Å². The summed E-state index contributed by atoms with van der Waals surface area (Å²) >= 11 is 0. The SMILES string of the molecule is Cc1cnc(C(O)C2=CCCCC2)cn1. The fourth-order valence-electron chi connectivity index (χ4n) is 1.85. The molecule has 0 amide bonds. The highest BCUT2D eigenvalue weighted by Gasteiger charge is 2.16. The zero-order valence-corrected chi connectivity index (χ0v) is 8.98. The molecule has 1 aromatic rings. The second-order valence-corrected chi connectivity index (χ2v) is 4.01. The molecule has 2 rings (SSSR count). The zero-order chi connectivity index (χ0) is 10.7. The summed E-state index contributed by atoms with van der Waals surface area (Å²) in [5, 5.41) is 10.1. The van der Waals surface area contributed by atoms with Gasteiger partial charge < -0.3 is 5.11 Å². The van der Waals surface area contributed by atoms with Crippen LogP contribution in [0, 0.1) is 6.92 Å². The molecule has 15 heavy (non-hydrogen) atoms. The van der Waals surface area contributed by atoms with E-state index in [1.54, 1.807) is 12.4 Å². The van der Waals surface area contributed by atoms with Crippen molar-refractivity contribution in [1.82, 2.24) is 9.97 Å². The Balaban J connectivity index is 2.16. The zero-order valence-electron chi connectivity index (χ0n) is 8.98. The summed E-state index contributed by atoms with van der Waals surface area (Å²) in [5.74, 6) is 0. The van der Waals surface area contributed by atoms with E-state index in [0.717, 1.165) is 24.1 Å². The molecule has 1 aliphatic rings. The number of nitrogens with zero attached hydrogens (tertiary/aromatic N) is 2. The van der Waals surface area contributed by atoms with E-state index in [2.05, 4.69) is 16.0 Å². The molecule has 0 aliphatic heterocycles. The molecular formula is C12H16N2O. The number of hydrogen-bond donors (Lipinski definition) is 1. The van der Waals surface area contributed by atoms with E-state index in [4.69, 9.17) is 0 Å². The van der Waals surface area contributed by atoms with Gasteiger partial charge in [-0.2, -0.15) is 0 Å². The lowest BCUT2D eigenvalue weighted by atomic mass is 9.94. The molecule has 1 aliphatic carbocycles. The largest absolute Gasteiger partial charge is 0.382 e. The van der Waals surface area contributed by atoms with Gasteiger partial charge in [0.25, 0.3) is 0 Å². The number of aliphatic hydroxyl groups excluding tert-OH is 1. The predicted molar refractivity (Wildman–Crippen MR) is 58.3 cm³/mol. The molecule has 0 saturated carbocycles. The van der Waals surface area contributed by atoms with Crippen molar-refractivity contribution in [3.05, 3.63) is 35.4 Å². The van der Waals surface area contributed by atoms with Crippen LogP contribution in [0.25, 0.3) is 0 Å². The Labute approximate surface area is 89.9 Å². The van der Waals surface area contributed by atoms with E-state index >= 15 is 0 Å². The number of aromatic nitrogens is 2. The van der Waals surface area contributed by atoms with Crippen molar-refractivity contribution in [2.45, 2.75) is 38.7 Å². The molecule has 0 bridgehead atoms. The van der Waals surface area contributed by atoms with Crippen LogP contribution in [0.5, 0.6) is 0 Å². The summed E-state index contributed by atoms with van der Waals surface area (Å²) in [6, 6.07) is 0. The molecule has 1 N–H and O–H groups in total. The maximum atomic E-state index is 10.1. The number of aliphatic hydroxyl groups is 1. The summed E-state index contributed by atoms with van der Waals surface area (Å²) in [5.41, 5.74) is 2.64. The predicted octanol–water partition coefficient (Wildman–Crippen LogP) is 2.32. The van der Waals surface area contributed by atoms with E-state index in [9.17, 15) is 5.11 Å². The lowest BCUT2D eigenvalue weighted by Gasteiger charge is -2.17. The van der Waals surface area contributed by atoms with Crippen LogP contribution in [0.2, 0.25) is 0 Å². The van der Waals surface area contributed by atoms with Crippen molar-refractivity contribution in [3.8, 4) is 0 Å². The molecule has 0 fully saturated rings. The molecule has 0 aromatic carbocycles. The Morgan fingerprint density at radius 3 is 2.73 bits per heavy atom. The Kier molecular flexibility index (Phi) is 3.11. The van der Waals surface area contributed by atoms with Gasteiger partial charge in [-0.25, -0.2) is 0 Å². The number of allylic oxidation sites excluding steroid dienone is 1. The smallest absolute Gasteiger partial charge is 0.119 e. The quantitative estimate of drug-likeness (QED) is 0.752. The molecule has 1 atom stereocenters. The van der Waals surface area contributed by atoms with Gasteiger partial charge in [0, 0.05) is 6.20 Å². The Hall–Kier alpha value is -1.22. The van der Waals surface area contributed by atoms with Crippen LogP contribution in [0.4, 0.5) is 0 Å². The van der Waals surface area contributed by atoms with Gasteiger partial charge in [0.1, 0.15) is 6.10 Å². The lowest BCUT2D eigenvalue weighted by Crippen LogP contribution is -2.07. The van der Waals surface area contributed by atoms with Crippen molar-refractivity contribution < 1.29 is 5.11 Å². The third-order valence-electron chi connectivity index (χ3n) is 2.76. The third kappa shape index (κ3) is 2.42. The number of hydrogen-bond acceptors (Lipinski definition) is 3. The Morgan fingerprint density at radius 1 is 1.27 bits per heavy atom. The first-order chi connectivity index (χ1) is 7.27. The van der Waals surface area contributed by atoms with Crippen molar-refractivity contribution >= 4 is 0 Å². The van der Waals surface area contributed by atoms with E-state index in [1.165, 1.54) is 12.8 Å². The van der Waals surface area contributed by atoms with Crippen molar-refractivity contribution in [1.29, 1.82) is 0 Å². The molecule has 1 aromatic heterocycles. The second-order valence-electron chi connectivity index (χ2n) is 4.01. The molecule has 0 spiro atoms. The molecule has 3 nitrogen and oxygen atoms in total. The molecule has 1 unspecified atom stereocenters. The van der Waals surface area contributed by atoms with Crippen LogP contribution < -0.4 is 0 Å². The first-order valence-corrected chi connectivity index (χ1v) is 5.43. The normalized spacial score (nSPS) is 18.4. The highest BCUT2D eigenvalue weighted by molar-refractivity contribution is 5.19. The molecule has 80 valence electrons. The van der Waals surface area contributed by atoms with Crippen molar-refractivity contribution in [3.63, 3.8) is 0 Å². The maximum Gasteiger partial charge on any atom is 0.119 e. The van der Waals surface area contributed by atoms with Gasteiger partial charge in [-0.3, -0.25) is 9.97 Å². The summed E-state index contributed by atoms with van der Waals surface area (Å²) < 4.78 is 0. The monoisotopic (exact) mass is 204 g/mol. The molecular weight excluding hydrogens is 188 g/mol. The third-order valence-corrected chi connectivity index (χ3v) is 2.76. The van der Waals surface area contributed by atoms with E-state index in [0.29, 0.717) is 5.69 Å². The van der Waals surface area contributed by atoms with Crippen molar-refractivity contribution in [2.24, 2.45) is 0 Å². The standard InChI is InChI=1S/C12H16N2O/c1-9-7-14-11(8-13-9)12(15)10-5-3-2-4-6-10/h5,7-8,12,15H,2-4,6H2,1H3. The van der Waals surface area contributed by atoms with Crippen LogP contribution in [-0.2, 0) is 0 Å². The fraction of sp³-hybridized carbons (Fsp3) is 0.500. The van der Waals surface area contributed by atoms with Crippen LogP contribution in [-0.4, -0.2) is 15.1 Å². The summed E-state index contributed by atoms with van der Waals surface area (Å²) in [6.07, 6.45) is 9.39. The van der Waals surface area contributed by atoms with Gasteiger partial charge in [-0.05, 0) is 38.2 Å².